The van der Waals surface area contributed by atoms with Gasteiger partial charge in [0.15, 0.2) is 5.69 Å². The zero-order chi connectivity index (χ0) is 14.9. The van der Waals surface area contributed by atoms with Crippen LogP contribution in [0.3, 0.4) is 0 Å². The average Bonchev–Trinajstić information content (AvgIpc) is 2.89. The smallest absolute Gasteiger partial charge is 0.273 e. The molecule has 1 N–H and O–H groups in total. The van der Waals surface area contributed by atoms with Crippen molar-refractivity contribution in [2.45, 2.75) is 33.9 Å². The monoisotopic (exact) mass is 339 g/mol. The minimum absolute atomic E-state index is 0.188. The molecule has 7 heteroatoms. The van der Waals surface area contributed by atoms with E-state index in [0.717, 1.165) is 23.5 Å². The number of aromatic nitrogens is 4. The average molecular weight is 340 g/mol. The van der Waals surface area contributed by atoms with E-state index in [1.807, 2.05) is 32.5 Å². The molecule has 2 aromatic heterocycles. The summed E-state index contributed by atoms with van der Waals surface area (Å²) >= 11 is 3.36. The van der Waals surface area contributed by atoms with E-state index >= 15 is 0 Å². The number of carbonyl (C=O) groups is 1. The zero-order valence-electron chi connectivity index (χ0n) is 12.1. The number of aryl methyl sites for hydroxylation is 3. The molecule has 20 heavy (non-hydrogen) atoms. The van der Waals surface area contributed by atoms with Crippen molar-refractivity contribution < 1.29 is 4.79 Å². The molecular weight excluding hydrogens is 322 g/mol. The molecule has 1 amide bonds. The molecule has 0 aliphatic rings. The first-order valence-electron chi connectivity index (χ1n) is 6.44. The van der Waals surface area contributed by atoms with E-state index in [1.165, 1.54) is 0 Å². The number of hydrogen-bond acceptors (Lipinski definition) is 3. The maximum Gasteiger partial charge on any atom is 0.273 e. The van der Waals surface area contributed by atoms with Gasteiger partial charge >= 0.3 is 0 Å². The summed E-state index contributed by atoms with van der Waals surface area (Å²) in [6.07, 6.45) is 1.80. The Morgan fingerprint density at radius 2 is 2.10 bits per heavy atom. The molecule has 0 atom stereocenters. The van der Waals surface area contributed by atoms with Gasteiger partial charge in [-0.15, -0.1) is 0 Å². The normalized spacial score (nSPS) is 10.8. The van der Waals surface area contributed by atoms with Gasteiger partial charge in [0.2, 0.25) is 0 Å². The number of nitrogens with one attached hydrogen (secondary N) is 1. The predicted octanol–water partition coefficient (Wildman–Crippen LogP) is 1.95. The van der Waals surface area contributed by atoms with Crippen LogP contribution in [0.15, 0.2) is 10.7 Å². The molecule has 0 saturated carbocycles. The molecule has 0 saturated heterocycles. The van der Waals surface area contributed by atoms with Crippen molar-refractivity contribution in [2.75, 3.05) is 0 Å². The van der Waals surface area contributed by atoms with E-state index in [1.54, 1.807) is 10.9 Å². The lowest BCUT2D eigenvalue weighted by molar-refractivity contribution is 0.0944. The summed E-state index contributed by atoms with van der Waals surface area (Å²) in [6.45, 7) is 7.09. The SMILES string of the molecule is CCn1cc(Br)c(C(=O)NCc2c(C)nn(C)c2C)n1. The summed E-state index contributed by atoms with van der Waals surface area (Å²) < 4.78 is 4.24. The van der Waals surface area contributed by atoms with Gasteiger partial charge in [-0.25, -0.2) is 0 Å². The second-order valence-electron chi connectivity index (χ2n) is 4.64. The van der Waals surface area contributed by atoms with Gasteiger partial charge in [0, 0.05) is 37.6 Å². The third-order valence-corrected chi connectivity index (χ3v) is 3.92. The molecule has 0 radical (unpaired) electrons. The third-order valence-electron chi connectivity index (χ3n) is 3.34. The molecule has 0 spiro atoms. The van der Waals surface area contributed by atoms with Crippen LogP contribution in [0, 0.1) is 13.8 Å². The van der Waals surface area contributed by atoms with Gasteiger partial charge < -0.3 is 5.32 Å². The number of amides is 1. The highest BCUT2D eigenvalue weighted by Crippen LogP contribution is 2.16. The summed E-state index contributed by atoms with van der Waals surface area (Å²) in [5.41, 5.74) is 3.45. The predicted molar refractivity (Wildman–Crippen MR) is 79.5 cm³/mol. The van der Waals surface area contributed by atoms with Crippen molar-refractivity contribution in [1.29, 1.82) is 0 Å². The summed E-state index contributed by atoms with van der Waals surface area (Å²) in [7, 11) is 1.90. The largest absolute Gasteiger partial charge is 0.346 e. The second-order valence-corrected chi connectivity index (χ2v) is 5.49. The van der Waals surface area contributed by atoms with E-state index in [2.05, 4.69) is 31.4 Å². The van der Waals surface area contributed by atoms with Gasteiger partial charge in [-0.3, -0.25) is 14.2 Å². The van der Waals surface area contributed by atoms with Crippen molar-refractivity contribution >= 4 is 21.8 Å². The Kier molecular flexibility index (Phi) is 4.27. The van der Waals surface area contributed by atoms with Crippen molar-refractivity contribution in [3.8, 4) is 0 Å². The highest BCUT2D eigenvalue weighted by Gasteiger charge is 2.16. The van der Waals surface area contributed by atoms with E-state index in [9.17, 15) is 4.79 Å². The van der Waals surface area contributed by atoms with E-state index in [0.29, 0.717) is 16.7 Å². The zero-order valence-corrected chi connectivity index (χ0v) is 13.7. The first-order chi connectivity index (χ1) is 9.43. The molecule has 108 valence electrons. The lowest BCUT2D eigenvalue weighted by Gasteiger charge is -2.04. The number of rotatable bonds is 4. The number of carbonyl (C=O) groups excluding carboxylic acids is 1. The van der Waals surface area contributed by atoms with Crippen LogP contribution >= 0.6 is 15.9 Å². The molecule has 0 aliphatic heterocycles. The van der Waals surface area contributed by atoms with Crippen LogP contribution < -0.4 is 5.32 Å². The lowest BCUT2D eigenvalue weighted by atomic mass is 10.2. The van der Waals surface area contributed by atoms with Crippen LogP contribution in [0.2, 0.25) is 0 Å². The lowest BCUT2D eigenvalue weighted by Crippen LogP contribution is -2.24. The molecule has 0 aromatic carbocycles. The molecule has 0 aliphatic carbocycles. The molecule has 0 bridgehead atoms. The van der Waals surface area contributed by atoms with Crippen LogP contribution in [0.5, 0.6) is 0 Å². The van der Waals surface area contributed by atoms with Gasteiger partial charge in [-0.1, -0.05) is 0 Å². The quantitative estimate of drug-likeness (QED) is 0.925. The fraction of sp³-hybridized carbons (Fsp3) is 0.462. The molecule has 0 fully saturated rings. The summed E-state index contributed by atoms with van der Waals surface area (Å²) in [4.78, 5) is 12.2. The fourth-order valence-corrected chi connectivity index (χ4v) is 2.53. The van der Waals surface area contributed by atoms with E-state index in [-0.39, 0.29) is 5.91 Å². The van der Waals surface area contributed by atoms with Gasteiger partial charge in [0.25, 0.3) is 5.91 Å². The first kappa shape index (κ1) is 14.8. The van der Waals surface area contributed by atoms with Crippen molar-refractivity contribution in [3.63, 3.8) is 0 Å². The van der Waals surface area contributed by atoms with Crippen LogP contribution in [0.4, 0.5) is 0 Å². The summed E-state index contributed by atoms with van der Waals surface area (Å²) in [5.74, 6) is -0.188. The van der Waals surface area contributed by atoms with Crippen molar-refractivity contribution in [2.24, 2.45) is 7.05 Å². The summed E-state index contributed by atoms with van der Waals surface area (Å²) in [5, 5.41) is 11.5. The maximum atomic E-state index is 12.2. The molecule has 0 unspecified atom stereocenters. The third kappa shape index (κ3) is 2.77. The molecule has 2 aromatic rings. The van der Waals surface area contributed by atoms with Gasteiger partial charge in [0.1, 0.15) is 0 Å². The van der Waals surface area contributed by atoms with Gasteiger partial charge in [-0.2, -0.15) is 10.2 Å². The van der Waals surface area contributed by atoms with Crippen molar-refractivity contribution in [1.82, 2.24) is 24.9 Å². The van der Waals surface area contributed by atoms with Crippen LogP contribution in [0.1, 0.15) is 34.4 Å². The minimum Gasteiger partial charge on any atom is -0.346 e. The number of hydrogen-bond donors (Lipinski definition) is 1. The Labute approximate surface area is 126 Å². The molecule has 2 heterocycles. The van der Waals surface area contributed by atoms with Crippen LogP contribution in [0.25, 0.3) is 0 Å². The topological polar surface area (TPSA) is 64.7 Å². The Hall–Kier alpha value is -1.63. The maximum absolute atomic E-state index is 12.2. The Bertz CT molecular complexity index is 643. The fourth-order valence-electron chi connectivity index (χ4n) is 2.04. The molecule has 6 nitrogen and oxygen atoms in total. The Balaban J connectivity index is 2.10. The molecule has 2 rings (SSSR count). The standard InChI is InChI=1S/C13H18BrN5O/c1-5-19-7-11(14)12(17-19)13(20)15-6-10-8(2)16-18(4)9(10)3/h7H,5-6H2,1-4H3,(H,15,20). The Morgan fingerprint density at radius 1 is 1.40 bits per heavy atom. The first-order valence-corrected chi connectivity index (χ1v) is 7.23. The van der Waals surface area contributed by atoms with Crippen LogP contribution in [-0.4, -0.2) is 25.5 Å². The second kappa shape index (κ2) is 5.78. The minimum atomic E-state index is -0.188. The van der Waals surface area contributed by atoms with E-state index in [4.69, 9.17) is 0 Å². The van der Waals surface area contributed by atoms with Crippen molar-refractivity contribution in [3.05, 3.63) is 33.3 Å². The van der Waals surface area contributed by atoms with E-state index < -0.39 is 0 Å². The Morgan fingerprint density at radius 3 is 2.60 bits per heavy atom. The highest BCUT2D eigenvalue weighted by molar-refractivity contribution is 9.10. The highest BCUT2D eigenvalue weighted by atomic mass is 79.9. The van der Waals surface area contributed by atoms with Gasteiger partial charge in [0.05, 0.1) is 10.2 Å². The number of halogens is 1. The summed E-state index contributed by atoms with van der Waals surface area (Å²) in [6, 6.07) is 0. The number of nitrogens with zero attached hydrogens (tertiary/aromatic N) is 4. The van der Waals surface area contributed by atoms with Crippen LogP contribution in [-0.2, 0) is 20.1 Å². The van der Waals surface area contributed by atoms with Gasteiger partial charge in [-0.05, 0) is 36.7 Å². The molecular formula is C13H18BrN5O.